The van der Waals surface area contributed by atoms with Gasteiger partial charge in [-0.3, -0.25) is 4.79 Å². The van der Waals surface area contributed by atoms with E-state index in [0.717, 1.165) is 0 Å². The number of carbonyl (C=O) groups excluding carboxylic acids is 1. The van der Waals surface area contributed by atoms with E-state index in [0.29, 0.717) is 12.4 Å². The van der Waals surface area contributed by atoms with Gasteiger partial charge in [0.2, 0.25) is 5.91 Å². The predicted octanol–water partition coefficient (Wildman–Crippen LogP) is 1.39. The summed E-state index contributed by atoms with van der Waals surface area (Å²) >= 11 is 5.63. The first-order chi connectivity index (χ1) is 4.48. The number of halogens is 1. The molecule has 2 nitrogen and oxygen atoms in total. The second-order valence-electron chi connectivity index (χ2n) is 3.21. The number of hydrogen-bond acceptors (Lipinski definition) is 1. The lowest BCUT2D eigenvalue weighted by molar-refractivity contribution is -0.119. The van der Waals surface area contributed by atoms with Gasteiger partial charge in [0.1, 0.15) is 0 Å². The monoisotopic (exact) mass is 163 g/mol. The Bertz CT molecular complexity index is 123. The highest BCUT2D eigenvalue weighted by Crippen LogP contribution is 2.14. The molecule has 0 aliphatic heterocycles. The molecule has 0 atom stereocenters. The standard InChI is InChI=1S/C7H14ClNO/c1-6(10)9-5-7(2,3)4-8/h4-5H2,1-3H3,(H,9,10). The van der Waals surface area contributed by atoms with Gasteiger partial charge in [-0.05, 0) is 5.41 Å². The molecule has 0 heterocycles. The van der Waals surface area contributed by atoms with Gasteiger partial charge in [0, 0.05) is 19.3 Å². The van der Waals surface area contributed by atoms with Crippen LogP contribution in [0.3, 0.4) is 0 Å². The first-order valence-corrected chi connectivity index (χ1v) is 3.82. The Labute approximate surface area is 66.9 Å². The van der Waals surface area contributed by atoms with Crippen LogP contribution in [0.1, 0.15) is 20.8 Å². The Morgan fingerprint density at radius 2 is 2.10 bits per heavy atom. The van der Waals surface area contributed by atoms with Gasteiger partial charge in [0.15, 0.2) is 0 Å². The van der Waals surface area contributed by atoms with Crippen LogP contribution in [0, 0.1) is 5.41 Å². The molecule has 0 rings (SSSR count). The summed E-state index contributed by atoms with van der Waals surface area (Å²) in [6, 6.07) is 0. The third kappa shape index (κ3) is 4.62. The van der Waals surface area contributed by atoms with Gasteiger partial charge < -0.3 is 5.32 Å². The summed E-state index contributed by atoms with van der Waals surface area (Å²) < 4.78 is 0. The average molecular weight is 164 g/mol. The molecule has 0 aromatic heterocycles. The summed E-state index contributed by atoms with van der Waals surface area (Å²) in [7, 11) is 0. The highest BCUT2D eigenvalue weighted by Gasteiger charge is 2.15. The summed E-state index contributed by atoms with van der Waals surface area (Å²) in [4.78, 5) is 10.5. The predicted molar refractivity (Wildman–Crippen MR) is 43.2 cm³/mol. The van der Waals surface area contributed by atoms with E-state index in [4.69, 9.17) is 11.6 Å². The van der Waals surface area contributed by atoms with Gasteiger partial charge >= 0.3 is 0 Å². The van der Waals surface area contributed by atoms with Crippen molar-refractivity contribution in [3.05, 3.63) is 0 Å². The minimum Gasteiger partial charge on any atom is -0.356 e. The van der Waals surface area contributed by atoms with Crippen LogP contribution in [0.15, 0.2) is 0 Å². The lowest BCUT2D eigenvalue weighted by Gasteiger charge is -2.20. The molecular weight excluding hydrogens is 150 g/mol. The molecule has 0 spiro atoms. The maximum atomic E-state index is 10.5. The van der Waals surface area contributed by atoms with E-state index in [9.17, 15) is 4.79 Å². The molecule has 0 fully saturated rings. The van der Waals surface area contributed by atoms with Gasteiger partial charge in [0.25, 0.3) is 0 Å². The maximum absolute atomic E-state index is 10.5. The van der Waals surface area contributed by atoms with Crippen molar-refractivity contribution in [2.75, 3.05) is 12.4 Å². The Morgan fingerprint density at radius 3 is 2.40 bits per heavy atom. The fourth-order valence-electron chi connectivity index (χ4n) is 0.411. The molecule has 0 aromatic carbocycles. The fraction of sp³-hybridized carbons (Fsp3) is 0.857. The van der Waals surface area contributed by atoms with Crippen molar-refractivity contribution < 1.29 is 4.79 Å². The third-order valence-electron chi connectivity index (χ3n) is 1.18. The Balaban J connectivity index is 3.56. The van der Waals surface area contributed by atoms with Crippen LogP contribution in [-0.4, -0.2) is 18.3 Å². The van der Waals surface area contributed by atoms with Gasteiger partial charge in [-0.1, -0.05) is 13.8 Å². The smallest absolute Gasteiger partial charge is 0.216 e. The number of rotatable bonds is 3. The normalized spacial score (nSPS) is 11.2. The highest BCUT2D eigenvalue weighted by molar-refractivity contribution is 6.18. The minimum absolute atomic E-state index is 0.00167. The van der Waals surface area contributed by atoms with Gasteiger partial charge in [0.05, 0.1) is 0 Å². The van der Waals surface area contributed by atoms with Crippen LogP contribution < -0.4 is 5.32 Å². The molecular formula is C7H14ClNO. The van der Waals surface area contributed by atoms with Crippen LogP contribution in [0.2, 0.25) is 0 Å². The molecule has 1 N–H and O–H groups in total. The van der Waals surface area contributed by atoms with E-state index in [2.05, 4.69) is 5.32 Å². The van der Waals surface area contributed by atoms with Crippen molar-refractivity contribution >= 4 is 17.5 Å². The number of hydrogen-bond donors (Lipinski definition) is 1. The summed E-state index contributed by atoms with van der Waals surface area (Å²) in [5.41, 5.74) is 0.00717. The number of amides is 1. The van der Waals surface area contributed by atoms with Crippen molar-refractivity contribution in [3.8, 4) is 0 Å². The van der Waals surface area contributed by atoms with E-state index in [1.165, 1.54) is 6.92 Å². The van der Waals surface area contributed by atoms with Crippen molar-refractivity contribution in [2.45, 2.75) is 20.8 Å². The molecule has 0 aliphatic carbocycles. The molecule has 1 amide bonds. The van der Waals surface area contributed by atoms with Gasteiger partial charge in [-0.25, -0.2) is 0 Å². The first kappa shape index (κ1) is 9.76. The average Bonchev–Trinajstić information content (AvgIpc) is 1.85. The van der Waals surface area contributed by atoms with E-state index in [1.807, 2.05) is 13.8 Å². The van der Waals surface area contributed by atoms with Crippen LogP contribution in [0.4, 0.5) is 0 Å². The van der Waals surface area contributed by atoms with Gasteiger partial charge in [-0.2, -0.15) is 0 Å². The SMILES string of the molecule is CC(=O)NCC(C)(C)CCl. The molecule has 0 radical (unpaired) electrons. The molecule has 0 aliphatic rings. The molecule has 0 saturated carbocycles. The van der Waals surface area contributed by atoms with Crippen LogP contribution >= 0.6 is 11.6 Å². The lowest BCUT2D eigenvalue weighted by Crippen LogP contribution is -2.33. The van der Waals surface area contributed by atoms with E-state index >= 15 is 0 Å². The zero-order valence-electron chi connectivity index (χ0n) is 6.70. The third-order valence-corrected chi connectivity index (χ3v) is 1.90. The van der Waals surface area contributed by atoms with Crippen LogP contribution in [0.25, 0.3) is 0 Å². The summed E-state index contributed by atoms with van der Waals surface area (Å²) in [6.07, 6.45) is 0. The molecule has 60 valence electrons. The van der Waals surface area contributed by atoms with Crippen molar-refractivity contribution in [1.29, 1.82) is 0 Å². The Morgan fingerprint density at radius 1 is 1.60 bits per heavy atom. The Hall–Kier alpha value is -0.240. The molecule has 0 unspecified atom stereocenters. The topological polar surface area (TPSA) is 29.1 Å². The summed E-state index contributed by atoms with van der Waals surface area (Å²) in [5.74, 6) is 0.561. The molecule has 3 heteroatoms. The van der Waals surface area contributed by atoms with E-state index < -0.39 is 0 Å². The fourth-order valence-corrected chi connectivity index (χ4v) is 0.505. The van der Waals surface area contributed by atoms with E-state index in [1.54, 1.807) is 0 Å². The largest absolute Gasteiger partial charge is 0.356 e. The van der Waals surface area contributed by atoms with Crippen molar-refractivity contribution in [2.24, 2.45) is 5.41 Å². The highest BCUT2D eigenvalue weighted by atomic mass is 35.5. The molecule has 0 aromatic rings. The maximum Gasteiger partial charge on any atom is 0.216 e. The zero-order chi connectivity index (χ0) is 8.20. The van der Waals surface area contributed by atoms with Crippen LogP contribution in [-0.2, 0) is 4.79 Å². The molecule has 10 heavy (non-hydrogen) atoms. The van der Waals surface area contributed by atoms with Gasteiger partial charge in [-0.15, -0.1) is 11.6 Å². The lowest BCUT2D eigenvalue weighted by atomic mass is 9.97. The number of carbonyl (C=O) groups is 1. The molecule has 0 bridgehead atoms. The number of alkyl halides is 1. The zero-order valence-corrected chi connectivity index (χ0v) is 7.46. The second-order valence-corrected chi connectivity index (χ2v) is 3.47. The van der Waals surface area contributed by atoms with Crippen molar-refractivity contribution in [3.63, 3.8) is 0 Å². The molecule has 0 saturated heterocycles. The van der Waals surface area contributed by atoms with Crippen LogP contribution in [0.5, 0.6) is 0 Å². The van der Waals surface area contributed by atoms with E-state index in [-0.39, 0.29) is 11.3 Å². The minimum atomic E-state index is -0.00167. The summed E-state index contributed by atoms with van der Waals surface area (Å²) in [6.45, 7) is 6.17. The Kier molecular flexibility index (Phi) is 3.72. The summed E-state index contributed by atoms with van der Waals surface area (Å²) in [5, 5.41) is 2.71. The quantitative estimate of drug-likeness (QED) is 0.626. The second kappa shape index (κ2) is 3.81. The van der Waals surface area contributed by atoms with Crippen molar-refractivity contribution in [1.82, 2.24) is 5.32 Å². The first-order valence-electron chi connectivity index (χ1n) is 3.28. The number of nitrogens with one attached hydrogen (secondary N) is 1.